The molecule has 0 aliphatic rings. The number of hydrogen-bond donors (Lipinski definition) is 1. The summed E-state index contributed by atoms with van der Waals surface area (Å²) in [5.41, 5.74) is 6.76. The van der Waals surface area contributed by atoms with E-state index in [0.29, 0.717) is 11.0 Å². The molecule has 0 amide bonds. The Labute approximate surface area is 107 Å². The van der Waals surface area contributed by atoms with Crippen molar-refractivity contribution in [2.24, 2.45) is 0 Å². The van der Waals surface area contributed by atoms with Crippen molar-refractivity contribution in [3.63, 3.8) is 0 Å². The minimum atomic E-state index is -0.550. The lowest BCUT2D eigenvalue weighted by molar-refractivity contribution is 0.433. The number of nitrogens with zero attached hydrogens (tertiary/aromatic N) is 3. The zero-order valence-electron chi connectivity index (χ0n) is 9.75. The molecule has 3 aromatic rings. The lowest BCUT2D eigenvalue weighted by atomic mass is 10.3. The fraction of sp³-hybridized carbons (Fsp3) is 0. The van der Waals surface area contributed by atoms with E-state index in [-0.39, 0.29) is 17.4 Å². The Hall–Kier alpha value is -2.76. The highest BCUT2D eigenvalue weighted by atomic mass is 19.1. The van der Waals surface area contributed by atoms with Gasteiger partial charge in [0.15, 0.2) is 0 Å². The largest absolute Gasteiger partial charge is 0.423 e. The molecule has 0 aliphatic heterocycles. The monoisotopic (exact) mass is 256 g/mol. The van der Waals surface area contributed by atoms with Crippen molar-refractivity contribution in [2.45, 2.75) is 0 Å². The summed E-state index contributed by atoms with van der Waals surface area (Å²) in [6.45, 7) is 0. The summed E-state index contributed by atoms with van der Waals surface area (Å²) in [6.07, 6.45) is 0. The number of hydrogen-bond acceptors (Lipinski definition) is 5. The average molecular weight is 256 g/mol. The number of aromatic nitrogens is 3. The van der Waals surface area contributed by atoms with Gasteiger partial charge in [0, 0.05) is 6.07 Å². The molecule has 0 radical (unpaired) electrons. The van der Waals surface area contributed by atoms with E-state index in [1.807, 2.05) is 12.1 Å². The Balaban J connectivity index is 1.94. The van der Waals surface area contributed by atoms with Crippen LogP contribution in [0.1, 0.15) is 0 Å². The first-order valence-corrected chi connectivity index (χ1v) is 5.55. The quantitative estimate of drug-likeness (QED) is 0.713. The molecule has 94 valence electrons. The average Bonchev–Trinajstić information content (AvgIpc) is 2.43. The number of benzene rings is 2. The zero-order chi connectivity index (χ0) is 13.2. The number of anilines is 1. The fourth-order valence-corrected chi connectivity index (χ4v) is 1.59. The number of halogens is 1. The second-order valence-electron chi connectivity index (χ2n) is 3.87. The van der Waals surface area contributed by atoms with E-state index in [1.165, 1.54) is 18.2 Å². The van der Waals surface area contributed by atoms with Crippen LogP contribution in [0.5, 0.6) is 11.8 Å². The zero-order valence-corrected chi connectivity index (χ0v) is 9.75. The van der Waals surface area contributed by atoms with Crippen molar-refractivity contribution in [3.8, 4) is 11.8 Å². The second-order valence-corrected chi connectivity index (χ2v) is 3.87. The maximum absolute atomic E-state index is 13.3. The van der Waals surface area contributed by atoms with E-state index in [9.17, 15) is 4.39 Å². The first-order chi connectivity index (χ1) is 9.22. The lowest BCUT2D eigenvalue weighted by Gasteiger charge is -2.04. The van der Waals surface area contributed by atoms with Gasteiger partial charge in [0.25, 0.3) is 0 Å². The minimum absolute atomic E-state index is 0.0582. The molecule has 2 N–H and O–H groups in total. The molecular weight excluding hydrogens is 247 g/mol. The van der Waals surface area contributed by atoms with Crippen LogP contribution in [0.4, 0.5) is 10.1 Å². The van der Waals surface area contributed by atoms with Crippen LogP contribution >= 0.6 is 0 Å². The molecule has 1 aromatic heterocycles. The predicted molar refractivity (Wildman–Crippen MR) is 68.2 cm³/mol. The third kappa shape index (κ3) is 2.28. The summed E-state index contributed by atoms with van der Waals surface area (Å²) in [5, 5.41) is 7.78. The van der Waals surface area contributed by atoms with Crippen LogP contribution in [0.15, 0.2) is 42.5 Å². The summed E-state index contributed by atoms with van der Waals surface area (Å²) in [6, 6.07) is 11.5. The standard InChI is InChI=1S/C13H9FN4O/c14-9-7-8(5-6-10(9)15)19-13-16-11-3-1-2-4-12(11)17-18-13/h1-7H,15H2. The van der Waals surface area contributed by atoms with Crippen LogP contribution in [0.2, 0.25) is 0 Å². The van der Waals surface area contributed by atoms with Crippen molar-refractivity contribution in [3.05, 3.63) is 48.3 Å². The number of rotatable bonds is 2. The second kappa shape index (κ2) is 4.49. The van der Waals surface area contributed by atoms with Crippen LogP contribution in [-0.4, -0.2) is 15.2 Å². The summed E-state index contributed by atoms with van der Waals surface area (Å²) in [5.74, 6) is -0.282. The summed E-state index contributed by atoms with van der Waals surface area (Å²) in [7, 11) is 0. The van der Waals surface area contributed by atoms with Gasteiger partial charge in [0.1, 0.15) is 17.1 Å². The highest BCUT2D eigenvalue weighted by Crippen LogP contribution is 2.22. The van der Waals surface area contributed by atoms with Crippen LogP contribution in [0.25, 0.3) is 11.0 Å². The number of ether oxygens (including phenoxy) is 1. The Morgan fingerprint density at radius 3 is 2.58 bits per heavy atom. The highest BCUT2D eigenvalue weighted by Gasteiger charge is 2.06. The number of para-hydroxylation sites is 1. The molecule has 0 unspecified atom stereocenters. The molecule has 0 aliphatic carbocycles. The van der Waals surface area contributed by atoms with Gasteiger partial charge in [0.2, 0.25) is 0 Å². The van der Waals surface area contributed by atoms with E-state index in [4.69, 9.17) is 10.5 Å². The maximum Gasteiger partial charge on any atom is 0.341 e. The predicted octanol–water partition coefficient (Wildman–Crippen LogP) is 2.54. The van der Waals surface area contributed by atoms with Gasteiger partial charge in [-0.1, -0.05) is 17.2 Å². The van der Waals surface area contributed by atoms with Crippen LogP contribution in [0, 0.1) is 5.82 Å². The highest BCUT2D eigenvalue weighted by molar-refractivity contribution is 5.73. The van der Waals surface area contributed by atoms with Crippen molar-refractivity contribution in [1.29, 1.82) is 0 Å². The number of fused-ring (bicyclic) bond motifs is 1. The Morgan fingerprint density at radius 1 is 1.00 bits per heavy atom. The minimum Gasteiger partial charge on any atom is -0.423 e. The van der Waals surface area contributed by atoms with Crippen LogP contribution in [-0.2, 0) is 0 Å². The summed E-state index contributed by atoms with van der Waals surface area (Å²) < 4.78 is 18.6. The van der Waals surface area contributed by atoms with Gasteiger partial charge in [-0.25, -0.2) is 4.39 Å². The van der Waals surface area contributed by atoms with Crippen LogP contribution < -0.4 is 10.5 Å². The fourth-order valence-electron chi connectivity index (χ4n) is 1.59. The molecule has 0 saturated carbocycles. The molecule has 3 rings (SSSR count). The molecule has 19 heavy (non-hydrogen) atoms. The lowest BCUT2D eigenvalue weighted by Crippen LogP contribution is -1.96. The summed E-state index contributed by atoms with van der Waals surface area (Å²) in [4.78, 5) is 4.17. The molecule has 2 aromatic carbocycles. The molecule has 5 nitrogen and oxygen atoms in total. The molecule has 0 saturated heterocycles. The normalized spacial score (nSPS) is 10.6. The van der Waals surface area contributed by atoms with E-state index < -0.39 is 5.82 Å². The summed E-state index contributed by atoms with van der Waals surface area (Å²) >= 11 is 0. The smallest absolute Gasteiger partial charge is 0.341 e. The van der Waals surface area contributed by atoms with E-state index in [0.717, 1.165) is 0 Å². The van der Waals surface area contributed by atoms with Crippen molar-refractivity contribution in [1.82, 2.24) is 15.2 Å². The first kappa shape index (κ1) is 11.3. The van der Waals surface area contributed by atoms with Gasteiger partial charge in [-0.05, 0) is 24.3 Å². The SMILES string of the molecule is Nc1ccc(Oc2nnc3ccccc3n2)cc1F. The van der Waals surface area contributed by atoms with Gasteiger partial charge >= 0.3 is 6.01 Å². The Morgan fingerprint density at radius 2 is 1.79 bits per heavy atom. The van der Waals surface area contributed by atoms with E-state index >= 15 is 0 Å². The molecule has 0 spiro atoms. The topological polar surface area (TPSA) is 73.9 Å². The molecule has 1 heterocycles. The van der Waals surface area contributed by atoms with Crippen molar-refractivity contribution in [2.75, 3.05) is 5.73 Å². The molecule has 0 atom stereocenters. The van der Waals surface area contributed by atoms with E-state index in [1.54, 1.807) is 12.1 Å². The molecular formula is C13H9FN4O. The van der Waals surface area contributed by atoms with Gasteiger partial charge < -0.3 is 10.5 Å². The van der Waals surface area contributed by atoms with Crippen molar-refractivity contribution >= 4 is 16.7 Å². The first-order valence-electron chi connectivity index (χ1n) is 5.55. The van der Waals surface area contributed by atoms with Gasteiger partial charge in [-0.3, -0.25) is 0 Å². The third-order valence-electron chi connectivity index (χ3n) is 2.52. The maximum atomic E-state index is 13.3. The van der Waals surface area contributed by atoms with Gasteiger partial charge in [0.05, 0.1) is 11.2 Å². The number of nitrogen functional groups attached to an aromatic ring is 1. The molecule has 0 fully saturated rings. The third-order valence-corrected chi connectivity index (χ3v) is 2.52. The Bertz CT molecular complexity index is 748. The molecule has 0 bridgehead atoms. The van der Waals surface area contributed by atoms with Gasteiger partial charge in [-0.2, -0.15) is 4.98 Å². The van der Waals surface area contributed by atoms with Crippen molar-refractivity contribution < 1.29 is 9.13 Å². The number of nitrogens with two attached hydrogens (primary N) is 1. The Kier molecular flexibility index (Phi) is 2.68. The van der Waals surface area contributed by atoms with Gasteiger partial charge in [-0.15, -0.1) is 5.10 Å². The van der Waals surface area contributed by atoms with Crippen LogP contribution in [0.3, 0.4) is 0 Å². The van der Waals surface area contributed by atoms with E-state index in [2.05, 4.69) is 15.2 Å². The molecule has 6 heteroatoms.